The number of aromatic amines is 1. The van der Waals surface area contributed by atoms with Gasteiger partial charge in [-0.2, -0.15) is 4.39 Å². The van der Waals surface area contributed by atoms with Crippen LogP contribution in [0.25, 0.3) is 10.7 Å². The van der Waals surface area contributed by atoms with E-state index in [0.717, 1.165) is 28.8 Å². The van der Waals surface area contributed by atoms with Crippen molar-refractivity contribution >= 4 is 40.4 Å². The second kappa shape index (κ2) is 7.62. The predicted octanol–water partition coefficient (Wildman–Crippen LogP) is 3.70. The van der Waals surface area contributed by atoms with Crippen LogP contribution >= 0.6 is 23.1 Å². The molecule has 26 heavy (non-hydrogen) atoms. The Morgan fingerprint density at radius 2 is 2.27 bits per heavy atom. The zero-order valence-corrected chi connectivity index (χ0v) is 14.9. The lowest BCUT2D eigenvalue weighted by molar-refractivity contribution is -0.387. The molecule has 0 saturated heterocycles. The maximum absolute atomic E-state index is 13.3. The predicted molar refractivity (Wildman–Crippen MR) is 96.7 cm³/mol. The van der Waals surface area contributed by atoms with Gasteiger partial charge >= 0.3 is 5.69 Å². The van der Waals surface area contributed by atoms with Crippen molar-refractivity contribution in [2.75, 3.05) is 5.32 Å². The molecule has 0 aliphatic carbocycles. The Hall–Kier alpha value is -2.79. The maximum Gasteiger partial charge on any atom is 0.306 e. The molecule has 0 bridgehead atoms. The molecule has 3 rings (SSSR count). The van der Waals surface area contributed by atoms with E-state index in [-0.39, 0.29) is 5.69 Å². The summed E-state index contributed by atoms with van der Waals surface area (Å²) in [6, 6.07) is 6.98. The number of aromatic nitrogens is 3. The van der Waals surface area contributed by atoms with Gasteiger partial charge in [0.05, 0.1) is 15.1 Å². The fourth-order valence-corrected chi connectivity index (χ4v) is 3.40. The second-order valence-electron chi connectivity index (χ2n) is 5.12. The minimum Gasteiger partial charge on any atom is -0.325 e. The molecule has 1 aromatic carbocycles. The number of amides is 1. The molecule has 11 heteroatoms. The fraction of sp³-hybridized carbons (Fsp3) is 0.133. The lowest BCUT2D eigenvalue weighted by atomic mass is 10.2. The van der Waals surface area contributed by atoms with Crippen LogP contribution in [0, 0.1) is 15.9 Å². The minimum atomic E-state index is -0.961. The number of carbonyl (C=O) groups is 1. The minimum absolute atomic E-state index is 0.143. The van der Waals surface area contributed by atoms with Gasteiger partial charge in [0.1, 0.15) is 0 Å². The van der Waals surface area contributed by atoms with Gasteiger partial charge in [0, 0.05) is 11.8 Å². The molecule has 2 heterocycles. The molecule has 0 spiro atoms. The van der Waals surface area contributed by atoms with Crippen LogP contribution in [0.2, 0.25) is 0 Å². The van der Waals surface area contributed by atoms with Crippen LogP contribution in [0.1, 0.15) is 6.92 Å². The quantitative estimate of drug-likeness (QED) is 0.375. The molecule has 1 amide bonds. The molecule has 0 aliphatic heterocycles. The number of hydrogen-bond acceptors (Lipinski definition) is 7. The monoisotopic (exact) mass is 393 g/mol. The molecule has 0 fully saturated rings. The largest absolute Gasteiger partial charge is 0.325 e. The highest BCUT2D eigenvalue weighted by Crippen LogP contribution is 2.26. The highest BCUT2D eigenvalue weighted by Gasteiger charge is 2.20. The lowest BCUT2D eigenvalue weighted by Crippen LogP contribution is -2.22. The van der Waals surface area contributed by atoms with Gasteiger partial charge in [0.2, 0.25) is 16.9 Å². The summed E-state index contributed by atoms with van der Waals surface area (Å²) in [7, 11) is 0. The van der Waals surface area contributed by atoms with Gasteiger partial charge in [0.25, 0.3) is 0 Å². The summed E-state index contributed by atoms with van der Waals surface area (Å²) in [5.74, 6) is -0.750. The molecular formula is C15H12FN5O3S2. The first-order valence-corrected chi connectivity index (χ1v) is 9.07. The Balaban J connectivity index is 1.65. The lowest BCUT2D eigenvalue weighted by Gasteiger charge is -2.10. The van der Waals surface area contributed by atoms with E-state index >= 15 is 0 Å². The van der Waals surface area contributed by atoms with Crippen LogP contribution in [0.4, 0.5) is 15.8 Å². The molecule has 2 aromatic heterocycles. The smallest absolute Gasteiger partial charge is 0.306 e. The topological polar surface area (TPSA) is 114 Å². The number of benzene rings is 1. The number of nitrogens with zero attached hydrogens (tertiary/aromatic N) is 3. The number of carbonyl (C=O) groups excluding carboxylic acids is 1. The summed E-state index contributed by atoms with van der Waals surface area (Å²) < 4.78 is 13.3. The third kappa shape index (κ3) is 4.06. The molecule has 2 N–H and O–H groups in total. The SMILES string of the molecule is CC(Sc1n[nH]c(-c2cccs2)n1)C(=O)Nc1ccc(F)c([N+](=O)[O-])c1. The standard InChI is InChI=1S/C15H12FN5O3S2/c1-8(26-15-18-13(19-20-15)12-3-2-6-25-12)14(22)17-9-4-5-10(16)11(7-9)21(23)24/h2-8H,1H3,(H,17,22)(H,18,19,20). The van der Waals surface area contributed by atoms with Crippen LogP contribution in [0.15, 0.2) is 40.9 Å². The van der Waals surface area contributed by atoms with Gasteiger partial charge in [-0.05, 0) is 30.5 Å². The van der Waals surface area contributed by atoms with Crippen LogP contribution in [0.5, 0.6) is 0 Å². The van der Waals surface area contributed by atoms with Crippen LogP contribution in [0.3, 0.4) is 0 Å². The first-order valence-electron chi connectivity index (χ1n) is 7.32. The summed E-state index contributed by atoms with van der Waals surface area (Å²) in [6.07, 6.45) is 0. The number of thiophene rings is 1. The molecule has 0 saturated carbocycles. The number of hydrogen-bond donors (Lipinski definition) is 2. The number of anilines is 1. The second-order valence-corrected chi connectivity index (χ2v) is 7.37. The fourth-order valence-electron chi connectivity index (χ4n) is 2.01. The number of H-pyrrole nitrogens is 1. The van der Waals surface area contributed by atoms with Crippen molar-refractivity contribution < 1.29 is 14.1 Å². The zero-order chi connectivity index (χ0) is 18.7. The Morgan fingerprint density at radius 1 is 1.46 bits per heavy atom. The molecule has 3 aromatic rings. The van der Waals surface area contributed by atoms with E-state index in [2.05, 4.69) is 20.5 Å². The van der Waals surface area contributed by atoms with Gasteiger partial charge < -0.3 is 5.32 Å². The zero-order valence-electron chi connectivity index (χ0n) is 13.3. The van der Waals surface area contributed by atoms with Gasteiger partial charge in [0.15, 0.2) is 5.82 Å². The van der Waals surface area contributed by atoms with Crippen LogP contribution in [-0.4, -0.2) is 31.3 Å². The van der Waals surface area contributed by atoms with Crippen molar-refractivity contribution in [3.63, 3.8) is 0 Å². The summed E-state index contributed by atoms with van der Waals surface area (Å²) in [5.41, 5.74) is -0.553. The average Bonchev–Trinajstić information content (AvgIpc) is 3.27. The number of thioether (sulfide) groups is 1. The molecule has 0 aliphatic rings. The van der Waals surface area contributed by atoms with E-state index in [4.69, 9.17) is 0 Å². The molecular weight excluding hydrogens is 381 g/mol. The normalized spacial score (nSPS) is 11.9. The van der Waals surface area contributed by atoms with E-state index in [1.165, 1.54) is 17.4 Å². The van der Waals surface area contributed by atoms with Crippen molar-refractivity contribution in [3.8, 4) is 10.7 Å². The molecule has 134 valence electrons. The molecule has 0 radical (unpaired) electrons. The van der Waals surface area contributed by atoms with E-state index in [9.17, 15) is 19.3 Å². The number of halogens is 1. The van der Waals surface area contributed by atoms with Gasteiger partial charge in [-0.25, -0.2) is 4.98 Å². The highest BCUT2D eigenvalue weighted by atomic mass is 32.2. The van der Waals surface area contributed by atoms with Gasteiger partial charge in [-0.15, -0.1) is 16.4 Å². The number of nitro groups is 1. The summed E-state index contributed by atoms with van der Waals surface area (Å²) in [5, 5.41) is 21.9. The highest BCUT2D eigenvalue weighted by molar-refractivity contribution is 8.00. The summed E-state index contributed by atoms with van der Waals surface area (Å²) in [6.45, 7) is 1.65. The van der Waals surface area contributed by atoms with Gasteiger partial charge in [-0.3, -0.25) is 20.0 Å². The number of nitrogens with one attached hydrogen (secondary N) is 2. The van der Waals surface area contributed by atoms with Crippen molar-refractivity contribution in [2.24, 2.45) is 0 Å². The number of nitro benzene ring substituents is 1. The molecule has 1 unspecified atom stereocenters. The van der Waals surface area contributed by atoms with E-state index in [0.29, 0.717) is 11.0 Å². The van der Waals surface area contributed by atoms with E-state index < -0.39 is 27.6 Å². The maximum atomic E-state index is 13.3. The van der Waals surface area contributed by atoms with Crippen molar-refractivity contribution in [1.29, 1.82) is 0 Å². The number of rotatable bonds is 6. The van der Waals surface area contributed by atoms with E-state index in [1.807, 2.05) is 17.5 Å². The first kappa shape index (κ1) is 18.0. The summed E-state index contributed by atoms with van der Waals surface area (Å²) >= 11 is 2.65. The van der Waals surface area contributed by atoms with Crippen molar-refractivity contribution in [2.45, 2.75) is 17.3 Å². The molecule has 1 atom stereocenters. The third-order valence-corrected chi connectivity index (χ3v) is 5.12. The average molecular weight is 393 g/mol. The van der Waals surface area contributed by atoms with Crippen molar-refractivity contribution in [1.82, 2.24) is 15.2 Å². The van der Waals surface area contributed by atoms with Gasteiger partial charge in [-0.1, -0.05) is 17.8 Å². The Morgan fingerprint density at radius 3 is 2.96 bits per heavy atom. The molecule has 8 nitrogen and oxygen atoms in total. The Labute approximate surface area is 155 Å². The van der Waals surface area contributed by atoms with E-state index in [1.54, 1.807) is 6.92 Å². The first-order chi connectivity index (χ1) is 12.4. The Kier molecular flexibility index (Phi) is 5.28. The van der Waals surface area contributed by atoms with Crippen LogP contribution in [-0.2, 0) is 4.79 Å². The van der Waals surface area contributed by atoms with Crippen molar-refractivity contribution in [3.05, 3.63) is 51.6 Å². The Bertz CT molecular complexity index is 945. The summed E-state index contributed by atoms with van der Waals surface area (Å²) in [4.78, 5) is 27.4. The third-order valence-electron chi connectivity index (χ3n) is 3.28. The van der Waals surface area contributed by atoms with Crippen LogP contribution < -0.4 is 5.32 Å².